The first-order valence-electron chi connectivity index (χ1n) is 36.6. The van der Waals surface area contributed by atoms with Crippen LogP contribution in [0.2, 0.25) is 0 Å². The van der Waals surface area contributed by atoms with E-state index in [0.717, 1.165) is 96.3 Å². The van der Waals surface area contributed by atoms with Crippen molar-refractivity contribution in [2.75, 3.05) is 13.2 Å². The fourth-order valence-corrected chi connectivity index (χ4v) is 11.1. The maximum absolute atomic E-state index is 12.9. The van der Waals surface area contributed by atoms with Gasteiger partial charge in [0.2, 0.25) is 0 Å². The molecule has 0 spiro atoms. The van der Waals surface area contributed by atoms with Crippen LogP contribution in [0.3, 0.4) is 0 Å². The lowest BCUT2D eigenvalue weighted by Gasteiger charge is -2.18. The van der Waals surface area contributed by atoms with Gasteiger partial charge in [-0.2, -0.15) is 0 Å². The zero-order valence-electron chi connectivity index (χ0n) is 55.3. The molecule has 0 radical (unpaired) electrons. The first kappa shape index (κ1) is 79.4. The molecule has 0 bridgehead atoms. The molecule has 0 aliphatic heterocycles. The third-order valence-electron chi connectivity index (χ3n) is 16.6. The second kappa shape index (κ2) is 70.9. The third kappa shape index (κ3) is 68.2. The maximum atomic E-state index is 12.9. The third-order valence-corrected chi connectivity index (χ3v) is 16.6. The van der Waals surface area contributed by atoms with Crippen molar-refractivity contribution >= 4 is 17.9 Å². The average Bonchev–Trinajstić information content (AvgIpc) is 3.48. The number of hydrogen-bond acceptors (Lipinski definition) is 6. The second-order valence-corrected chi connectivity index (χ2v) is 24.8. The number of rotatable bonds is 68. The SMILES string of the molecule is CC/C=C\C/C=C\C/C=C\C/C=C\CCCCCCC(=O)OC(COC(=O)CCCCCCCCCCCCCCCC)COC(=O)CCCCCCCCCCCCCCCCCCCCCCCCCCCCCCCCCCC. The summed E-state index contributed by atoms with van der Waals surface area (Å²) in [5.74, 6) is -0.876. The molecule has 0 saturated heterocycles. The van der Waals surface area contributed by atoms with Crippen molar-refractivity contribution in [2.24, 2.45) is 0 Å². The number of carbonyl (C=O) groups is 3. The summed E-state index contributed by atoms with van der Waals surface area (Å²) in [5, 5.41) is 0. The van der Waals surface area contributed by atoms with Crippen molar-refractivity contribution in [3.8, 4) is 0 Å². The molecule has 0 N–H and O–H groups in total. The molecule has 1 atom stereocenters. The molecule has 6 heteroatoms. The van der Waals surface area contributed by atoms with Gasteiger partial charge in [0.15, 0.2) is 6.10 Å². The zero-order valence-corrected chi connectivity index (χ0v) is 55.3. The number of unbranched alkanes of at least 4 members (excludes halogenated alkanes) is 49. The van der Waals surface area contributed by atoms with Crippen molar-refractivity contribution in [3.05, 3.63) is 48.6 Å². The second-order valence-electron chi connectivity index (χ2n) is 24.8. The highest BCUT2D eigenvalue weighted by Crippen LogP contribution is 2.19. The Morgan fingerprint density at radius 3 is 0.744 bits per heavy atom. The van der Waals surface area contributed by atoms with Crippen LogP contribution in [0.15, 0.2) is 48.6 Å². The van der Waals surface area contributed by atoms with Gasteiger partial charge in [0.25, 0.3) is 0 Å². The zero-order chi connectivity index (χ0) is 59.2. The highest BCUT2D eigenvalue weighted by molar-refractivity contribution is 5.71. The van der Waals surface area contributed by atoms with Crippen LogP contribution < -0.4 is 0 Å². The Balaban J connectivity index is 4.13. The summed E-state index contributed by atoms with van der Waals surface area (Å²) >= 11 is 0. The Kier molecular flexibility index (Phi) is 68.6. The van der Waals surface area contributed by atoms with E-state index < -0.39 is 6.10 Å². The van der Waals surface area contributed by atoms with Gasteiger partial charge in [-0.15, -0.1) is 0 Å². The fraction of sp³-hybridized carbons (Fsp3) is 0.855. The lowest BCUT2D eigenvalue weighted by atomic mass is 10.0. The van der Waals surface area contributed by atoms with Gasteiger partial charge in [0.1, 0.15) is 13.2 Å². The minimum atomic E-state index is -0.784. The maximum Gasteiger partial charge on any atom is 0.306 e. The van der Waals surface area contributed by atoms with Crippen LogP contribution >= 0.6 is 0 Å². The summed E-state index contributed by atoms with van der Waals surface area (Å²) in [4.78, 5) is 38.4. The van der Waals surface area contributed by atoms with E-state index in [1.165, 1.54) is 263 Å². The Bertz CT molecular complexity index is 1410. The van der Waals surface area contributed by atoms with E-state index in [0.29, 0.717) is 19.3 Å². The van der Waals surface area contributed by atoms with Gasteiger partial charge >= 0.3 is 17.9 Å². The van der Waals surface area contributed by atoms with E-state index in [4.69, 9.17) is 14.2 Å². The van der Waals surface area contributed by atoms with Crippen LogP contribution in [0, 0.1) is 0 Å². The Morgan fingerprint density at radius 2 is 0.476 bits per heavy atom. The molecular weight excluding hydrogens is 1010 g/mol. The molecule has 1 unspecified atom stereocenters. The summed E-state index contributed by atoms with van der Waals surface area (Å²) in [6.07, 6.45) is 90.3. The molecule has 480 valence electrons. The van der Waals surface area contributed by atoms with E-state index in [2.05, 4.69) is 69.4 Å². The van der Waals surface area contributed by atoms with Gasteiger partial charge in [-0.05, 0) is 57.8 Å². The van der Waals surface area contributed by atoms with E-state index in [9.17, 15) is 14.4 Å². The van der Waals surface area contributed by atoms with Crippen LogP contribution in [0.1, 0.15) is 400 Å². The largest absolute Gasteiger partial charge is 0.462 e. The summed E-state index contributed by atoms with van der Waals surface area (Å²) in [6, 6.07) is 0. The Morgan fingerprint density at radius 1 is 0.256 bits per heavy atom. The minimum Gasteiger partial charge on any atom is -0.462 e. The predicted molar refractivity (Wildman–Crippen MR) is 358 cm³/mol. The summed E-state index contributed by atoms with van der Waals surface area (Å²) < 4.78 is 17.0. The quantitative estimate of drug-likeness (QED) is 0.0261. The van der Waals surface area contributed by atoms with E-state index in [1.54, 1.807) is 0 Å². The van der Waals surface area contributed by atoms with Crippen molar-refractivity contribution in [1.82, 2.24) is 0 Å². The van der Waals surface area contributed by atoms with Crippen LogP contribution in [-0.2, 0) is 28.6 Å². The first-order chi connectivity index (χ1) is 40.5. The van der Waals surface area contributed by atoms with Gasteiger partial charge in [0, 0.05) is 19.3 Å². The van der Waals surface area contributed by atoms with Crippen LogP contribution in [0.5, 0.6) is 0 Å². The highest BCUT2D eigenvalue weighted by Gasteiger charge is 2.19. The van der Waals surface area contributed by atoms with Crippen molar-refractivity contribution in [1.29, 1.82) is 0 Å². The molecule has 0 aliphatic rings. The summed E-state index contributed by atoms with van der Waals surface area (Å²) in [5.41, 5.74) is 0. The number of hydrogen-bond donors (Lipinski definition) is 0. The number of ether oxygens (including phenoxy) is 3. The normalized spacial score (nSPS) is 12.3. The van der Waals surface area contributed by atoms with Crippen molar-refractivity contribution in [2.45, 2.75) is 406 Å². The van der Waals surface area contributed by atoms with Crippen LogP contribution in [0.4, 0.5) is 0 Å². The molecule has 0 aromatic rings. The van der Waals surface area contributed by atoms with E-state index in [1.807, 2.05) is 0 Å². The molecule has 82 heavy (non-hydrogen) atoms. The van der Waals surface area contributed by atoms with Crippen LogP contribution in [-0.4, -0.2) is 37.2 Å². The topological polar surface area (TPSA) is 78.9 Å². The number of allylic oxidation sites excluding steroid dienone is 8. The molecule has 0 heterocycles. The molecule has 0 saturated carbocycles. The van der Waals surface area contributed by atoms with Gasteiger partial charge in [-0.1, -0.05) is 371 Å². The van der Waals surface area contributed by atoms with Gasteiger partial charge < -0.3 is 14.2 Å². The monoisotopic (exact) mass is 1150 g/mol. The molecular formula is C76H140O6. The molecule has 0 aromatic heterocycles. The van der Waals surface area contributed by atoms with E-state index in [-0.39, 0.29) is 31.1 Å². The Hall–Kier alpha value is -2.63. The number of carbonyl (C=O) groups excluding carboxylic acids is 3. The minimum absolute atomic E-state index is 0.0781. The predicted octanol–water partition coefficient (Wildman–Crippen LogP) is 25.3. The Labute approximate surface area is 511 Å². The van der Waals surface area contributed by atoms with Crippen molar-refractivity contribution < 1.29 is 28.6 Å². The van der Waals surface area contributed by atoms with Gasteiger partial charge in [0.05, 0.1) is 0 Å². The standard InChI is InChI=1S/C76H140O6/c1-4-7-10-13-16-19-22-25-28-30-31-32-33-34-35-36-37-38-39-40-41-42-43-44-45-47-48-51-54-57-60-63-66-69-75(78)81-72-73(71-80-74(77)68-65-62-59-56-53-50-27-24-21-18-15-12-9-6-3)82-76(79)70-67-64-61-58-55-52-49-46-29-26-23-20-17-14-11-8-5-2/h8,11,17,20,26,29,49,52,73H,4-7,9-10,12-16,18-19,21-25,27-28,30-48,50-51,53-72H2,1-3H3/b11-8-,20-17-,29-26-,52-49-. The summed E-state index contributed by atoms with van der Waals surface area (Å²) in [6.45, 7) is 6.58. The highest BCUT2D eigenvalue weighted by atomic mass is 16.6. The van der Waals surface area contributed by atoms with Gasteiger partial charge in [-0.25, -0.2) is 0 Å². The summed E-state index contributed by atoms with van der Waals surface area (Å²) in [7, 11) is 0. The van der Waals surface area contributed by atoms with Gasteiger partial charge in [-0.3, -0.25) is 14.4 Å². The lowest BCUT2D eigenvalue weighted by molar-refractivity contribution is -0.167. The molecule has 0 aromatic carbocycles. The molecule has 6 nitrogen and oxygen atoms in total. The average molecular weight is 1150 g/mol. The number of esters is 3. The van der Waals surface area contributed by atoms with Crippen LogP contribution in [0.25, 0.3) is 0 Å². The lowest BCUT2D eigenvalue weighted by Crippen LogP contribution is -2.30. The molecule has 0 fully saturated rings. The first-order valence-corrected chi connectivity index (χ1v) is 36.6. The van der Waals surface area contributed by atoms with Crippen molar-refractivity contribution in [3.63, 3.8) is 0 Å². The molecule has 0 aliphatic carbocycles. The fourth-order valence-electron chi connectivity index (χ4n) is 11.1. The smallest absolute Gasteiger partial charge is 0.306 e. The van der Waals surface area contributed by atoms with E-state index >= 15 is 0 Å². The molecule has 0 rings (SSSR count). The molecule has 0 amide bonds.